The second kappa shape index (κ2) is 8.08. The van der Waals surface area contributed by atoms with Crippen LogP contribution in [0, 0.1) is 11.7 Å². The Kier molecular flexibility index (Phi) is 6.35. The Morgan fingerprint density at radius 1 is 1.42 bits per heavy atom. The van der Waals surface area contributed by atoms with Gasteiger partial charge in [0, 0.05) is 25.2 Å². The normalized spacial score (nSPS) is 19.3. The van der Waals surface area contributed by atoms with Crippen molar-refractivity contribution < 1.29 is 14.3 Å². The van der Waals surface area contributed by atoms with Crippen molar-refractivity contribution in [1.82, 2.24) is 9.80 Å². The van der Waals surface area contributed by atoms with E-state index in [1.165, 1.54) is 12.1 Å². The number of carbonyl (C=O) groups excluding carboxylic acids is 1. The summed E-state index contributed by atoms with van der Waals surface area (Å²) in [4.78, 5) is 16.8. The third-order valence-corrected chi connectivity index (χ3v) is 4.56. The Morgan fingerprint density at radius 3 is 2.79 bits per heavy atom. The third kappa shape index (κ3) is 5.28. The number of carbonyl (C=O) groups is 1. The maximum atomic E-state index is 13.4. The summed E-state index contributed by atoms with van der Waals surface area (Å²) >= 11 is 0. The summed E-state index contributed by atoms with van der Waals surface area (Å²) in [5.74, 6) is 0.0267. The Hall–Kier alpha value is -1.46. The number of nitrogens with zero attached hydrogens (tertiary/aromatic N) is 2. The van der Waals surface area contributed by atoms with Crippen LogP contribution in [0.25, 0.3) is 0 Å². The van der Waals surface area contributed by atoms with Gasteiger partial charge >= 0.3 is 0 Å². The average Bonchev–Trinajstić information content (AvgIpc) is 2.51. The number of aliphatic hydroxyl groups excluding tert-OH is 1. The van der Waals surface area contributed by atoms with E-state index in [0.717, 1.165) is 31.5 Å². The zero-order valence-electron chi connectivity index (χ0n) is 15.0. The van der Waals surface area contributed by atoms with E-state index in [-0.39, 0.29) is 29.8 Å². The van der Waals surface area contributed by atoms with Crippen molar-refractivity contribution in [2.45, 2.75) is 45.7 Å². The van der Waals surface area contributed by atoms with Gasteiger partial charge in [-0.1, -0.05) is 12.1 Å². The molecule has 1 unspecified atom stereocenters. The van der Waals surface area contributed by atoms with Gasteiger partial charge in [-0.25, -0.2) is 4.39 Å². The molecule has 4 nitrogen and oxygen atoms in total. The molecule has 0 spiro atoms. The van der Waals surface area contributed by atoms with Crippen molar-refractivity contribution >= 4 is 5.91 Å². The van der Waals surface area contributed by atoms with Gasteiger partial charge in [0.1, 0.15) is 5.82 Å². The number of amides is 1. The summed E-state index contributed by atoms with van der Waals surface area (Å²) in [5.41, 5.74) is 0.459. The molecule has 1 saturated heterocycles. The quantitative estimate of drug-likeness (QED) is 0.899. The van der Waals surface area contributed by atoms with Crippen LogP contribution in [0.4, 0.5) is 4.39 Å². The molecule has 0 saturated carbocycles. The molecule has 0 aliphatic carbocycles. The van der Waals surface area contributed by atoms with Gasteiger partial charge in [-0.05, 0) is 63.8 Å². The summed E-state index contributed by atoms with van der Waals surface area (Å²) in [6, 6.07) is 6.41. The predicted octanol–water partition coefficient (Wildman–Crippen LogP) is 2.66. The highest BCUT2D eigenvalue weighted by molar-refractivity contribution is 5.79. The van der Waals surface area contributed by atoms with Crippen LogP contribution in [0.1, 0.15) is 39.2 Å². The number of hydrogen-bond acceptors (Lipinski definition) is 3. The minimum Gasteiger partial charge on any atom is -0.396 e. The lowest BCUT2D eigenvalue weighted by molar-refractivity contribution is -0.138. The Morgan fingerprint density at radius 2 is 2.17 bits per heavy atom. The molecule has 1 aliphatic rings. The number of piperidine rings is 1. The molecule has 0 bridgehead atoms. The van der Waals surface area contributed by atoms with Gasteiger partial charge in [-0.3, -0.25) is 9.69 Å². The molecule has 1 heterocycles. The van der Waals surface area contributed by atoms with E-state index >= 15 is 0 Å². The Bertz CT molecular complexity index is 557. The number of likely N-dealkylation sites (tertiary alicyclic amines) is 1. The molecule has 0 radical (unpaired) electrons. The van der Waals surface area contributed by atoms with Crippen molar-refractivity contribution in [2.24, 2.45) is 5.92 Å². The molecule has 1 N–H and O–H groups in total. The maximum Gasteiger partial charge on any atom is 0.237 e. The lowest BCUT2D eigenvalue weighted by Gasteiger charge is -2.39. The van der Waals surface area contributed by atoms with Gasteiger partial charge in [0.05, 0.1) is 6.54 Å². The van der Waals surface area contributed by atoms with Crippen LogP contribution in [0.3, 0.4) is 0 Å². The van der Waals surface area contributed by atoms with E-state index in [1.54, 1.807) is 6.07 Å². The highest BCUT2D eigenvalue weighted by Gasteiger charge is 2.29. The van der Waals surface area contributed by atoms with Crippen LogP contribution >= 0.6 is 0 Å². The molecule has 1 aliphatic heterocycles. The third-order valence-electron chi connectivity index (χ3n) is 4.56. The number of benzene rings is 1. The largest absolute Gasteiger partial charge is 0.396 e. The maximum absolute atomic E-state index is 13.4. The summed E-state index contributed by atoms with van der Waals surface area (Å²) in [5, 5.41) is 9.34. The Labute approximate surface area is 144 Å². The molecule has 1 aromatic carbocycles. The predicted molar refractivity (Wildman–Crippen MR) is 93.0 cm³/mol. The highest BCUT2D eigenvalue weighted by atomic mass is 19.1. The van der Waals surface area contributed by atoms with E-state index in [4.69, 9.17) is 0 Å². The van der Waals surface area contributed by atoms with Gasteiger partial charge in [-0.2, -0.15) is 0 Å². The molecular formula is C19H29FN2O2. The molecule has 5 heteroatoms. The molecule has 1 fully saturated rings. The second-order valence-electron chi connectivity index (χ2n) is 7.71. The lowest BCUT2D eigenvalue weighted by Crippen LogP contribution is -2.50. The van der Waals surface area contributed by atoms with Crippen LogP contribution in [-0.2, 0) is 11.3 Å². The standard InChI is InChI=1S/C19H29FN2O2/c1-19(2,3)22(12-15-6-4-8-17(20)10-15)18(24)13-21-9-5-7-16(11-21)14-23/h4,6,8,10,16,23H,5,7,9,11-14H2,1-3H3. The van der Waals surface area contributed by atoms with Crippen molar-refractivity contribution in [3.63, 3.8) is 0 Å². The smallest absolute Gasteiger partial charge is 0.237 e. The SMILES string of the molecule is CC(C)(C)N(Cc1cccc(F)c1)C(=O)CN1CCCC(CO)C1. The Balaban J connectivity index is 2.05. The van der Waals surface area contributed by atoms with E-state index in [2.05, 4.69) is 4.90 Å². The van der Waals surface area contributed by atoms with Gasteiger partial charge in [0.2, 0.25) is 5.91 Å². The molecule has 24 heavy (non-hydrogen) atoms. The van der Waals surface area contributed by atoms with Gasteiger partial charge in [0.15, 0.2) is 0 Å². The lowest BCUT2D eigenvalue weighted by atomic mass is 9.99. The first-order chi connectivity index (χ1) is 11.3. The number of aliphatic hydroxyl groups is 1. The summed E-state index contributed by atoms with van der Waals surface area (Å²) < 4.78 is 13.4. The highest BCUT2D eigenvalue weighted by Crippen LogP contribution is 2.20. The van der Waals surface area contributed by atoms with Crippen molar-refractivity contribution in [2.75, 3.05) is 26.2 Å². The average molecular weight is 336 g/mol. The van der Waals surface area contributed by atoms with Crippen LogP contribution in [0.5, 0.6) is 0 Å². The molecule has 1 amide bonds. The fraction of sp³-hybridized carbons (Fsp3) is 0.632. The zero-order chi connectivity index (χ0) is 17.7. The summed E-state index contributed by atoms with van der Waals surface area (Å²) in [7, 11) is 0. The van der Waals surface area contributed by atoms with Crippen LogP contribution < -0.4 is 0 Å². The first-order valence-electron chi connectivity index (χ1n) is 8.67. The van der Waals surface area contributed by atoms with Gasteiger partial charge < -0.3 is 10.0 Å². The molecule has 2 rings (SSSR count). The van der Waals surface area contributed by atoms with Crippen molar-refractivity contribution in [3.05, 3.63) is 35.6 Å². The molecular weight excluding hydrogens is 307 g/mol. The fourth-order valence-corrected chi connectivity index (χ4v) is 3.24. The number of halogens is 1. The van der Waals surface area contributed by atoms with Gasteiger partial charge in [0.25, 0.3) is 0 Å². The zero-order valence-corrected chi connectivity index (χ0v) is 15.0. The minimum atomic E-state index is -0.338. The van der Waals surface area contributed by atoms with E-state index in [0.29, 0.717) is 13.1 Å². The van der Waals surface area contributed by atoms with Gasteiger partial charge in [-0.15, -0.1) is 0 Å². The van der Waals surface area contributed by atoms with Crippen LogP contribution in [0.2, 0.25) is 0 Å². The molecule has 1 aromatic rings. The van der Waals surface area contributed by atoms with Crippen molar-refractivity contribution in [3.8, 4) is 0 Å². The molecule has 0 aromatic heterocycles. The first-order valence-corrected chi connectivity index (χ1v) is 8.67. The number of hydrogen-bond donors (Lipinski definition) is 1. The van der Waals surface area contributed by atoms with Crippen molar-refractivity contribution in [1.29, 1.82) is 0 Å². The minimum absolute atomic E-state index is 0.0466. The topological polar surface area (TPSA) is 43.8 Å². The van der Waals surface area contributed by atoms with Crippen LogP contribution in [0.15, 0.2) is 24.3 Å². The fourth-order valence-electron chi connectivity index (χ4n) is 3.24. The summed E-state index contributed by atoms with van der Waals surface area (Å²) in [6.07, 6.45) is 2.03. The monoisotopic (exact) mass is 336 g/mol. The molecule has 134 valence electrons. The van der Waals surface area contributed by atoms with E-state index in [9.17, 15) is 14.3 Å². The van der Waals surface area contributed by atoms with E-state index < -0.39 is 0 Å². The first kappa shape index (κ1) is 18.9. The number of rotatable bonds is 5. The second-order valence-corrected chi connectivity index (χ2v) is 7.71. The molecule has 1 atom stereocenters. The van der Waals surface area contributed by atoms with E-state index in [1.807, 2.05) is 31.7 Å². The van der Waals surface area contributed by atoms with Crippen LogP contribution in [-0.4, -0.2) is 52.6 Å². The summed E-state index contributed by atoms with van der Waals surface area (Å²) in [6.45, 7) is 8.57.